The number of hydrogen-bond donors (Lipinski definition) is 1. The number of rotatable bonds is 18. The van der Waals surface area contributed by atoms with Crippen LogP contribution in [0.1, 0.15) is 128 Å². The van der Waals surface area contributed by atoms with Gasteiger partial charge in [-0.3, -0.25) is 0 Å². The number of anilines is 1. The van der Waals surface area contributed by atoms with E-state index in [4.69, 9.17) is 5.73 Å². The van der Waals surface area contributed by atoms with Crippen LogP contribution in [0.25, 0.3) is 0 Å². The van der Waals surface area contributed by atoms with Crippen LogP contribution in [-0.4, -0.2) is 0 Å². The zero-order chi connectivity index (χ0) is 36.0. The van der Waals surface area contributed by atoms with Crippen LogP contribution in [0.3, 0.4) is 0 Å². The number of nitrogen functional groups attached to an aromatic ring is 1. The molecule has 6 aromatic rings. The van der Waals surface area contributed by atoms with E-state index in [1.165, 1.54) is 33.4 Å². The van der Waals surface area contributed by atoms with Crippen molar-refractivity contribution in [2.24, 2.45) is 0 Å². The first-order valence-corrected chi connectivity index (χ1v) is 19.7. The van der Waals surface area contributed by atoms with Gasteiger partial charge in [0.05, 0.1) is 0 Å². The first-order valence-electron chi connectivity index (χ1n) is 19.7. The minimum atomic E-state index is 0.372. The van der Waals surface area contributed by atoms with Gasteiger partial charge >= 0.3 is 0 Å². The van der Waals surface area contributed by atoms with E-state index >= 15 is 0 Å². The second-order valence-corrected chi connectivity index (χ2v) is 14.9. The summed E-state index contributed by atoms with van der Waals surface area (Å²) in [6.07, 6.45) is 7.83. The minimum Gasteiger partial charge on any atom is -0.399 e. The second-order valence-electron chi connectivity index (χ2n) is 14.9. The standard InChI is InChI=1S/C51H57N/c1-3-39(41-20-10-5-11-21-41)34-47(43-24-14-7-15-25-43)36-49(45-28-18-9-19-29-45)38-50(46-30-32-51(52)33-31-46)37-48(44-26-16-8-17-27-44)35-40(4-2)42-22-12-6-13-23-42/h5-33,39-40,47-50H,3-4,34-38,52H2,1-2H3. The molecule has 2 N–H and O–H groups in total. The molecule has 6 aromatic carbocycles. The number of benzene rings is 6. The molecular formula is C51H57N. The van der Waals surface area contributed by atoms with Crippen molar-refractivity contribution in [1.82, 2.24) is 0 Å². The van der Waals surface area contributed by atoms with E-state index in [-0.39, 0.29) is 0 Å². The SMILES string of the molecule is CCC(CC(CC(CC(CC(CC(CC)c1ccccc1)c1ccccc1)c1ccc(N)cc1)c1ccccc1)c1ccccc1)c1ccccc1. The van der Waals surface area contributed by atoms with Gasteiger partial charge in [0, 0.05) is 5.69 Å². The summed E-state index contributed by atoms with van der Waals surface area (Å²) in [4.78, 5) is 0. The van der Waals surface area contributed by atoms with Gasteiger partial charge in [-0.05, 0) is 126 Å². The minimum absolute atomic E-state index is 0.372. The molecule has 0 amide bonds. The van der Waals surface area contributed by atoms with E-state index in [2.05, 4.69) is 190 Å². The Bertz CT molecular complexity index is 1840. The maximum Gasteiger partial charge on any atom is 0.0314 e. The quantitative estimate of drug-likeness (QED) is 0.0897. The van der Waals surface area contributed by atoms with Gasteiger partial charge in [0.15, 0.2) is 0 Å². The smallest absolute Gasteiger partial charge is 0.0314 e. The molecule has 0 aliphatic carbocycles. The van der Waals surface area contributed by atoms with Gasteiger partial charge in [-0.1, -0.05) is 178 Å². The molecule has 6 atom stereocenters. The lowest BCUT2D eigenvalue weighted by atomic mass is 9.72. The predicted molar refractivity (Wildman–Crippen MR) is 223 cm³/mol. The Morgan fingerprint density at radius 2 is 0.500 bits per heavy atom. The average Bonchev–Trinajstić information content (AvgIpc) is 3.22. The van der Waals surface area contributed by atoms with E-state index < -0.39 is 0 Å². The Morgan fingerprint density at radius 1 is 0.288 bits per heavy atom. The number of nitrogens with two attached hydrogens (primary N) is 1. The van der Waals surface area contributed by atoms with Crippen molar-refractivity contribution in [3.8, 4) is 0 Å². The van der Waals surface area contributed by atoms with Crippen LogP contribution in [0, 0.1) is 0 Å². The first-order chi connectivity index (χ1) is 25.6. The van der Waals surface area contributed by atoms with Crippen LogP contribution in [0.5, 0.6) is 0 Å². The molecule has 0 aromatic heterocycles. The summed E-state index contributed by atoms with van der Waals surface area (Å²) in [5.41, 5.74) is 15.8. The lowest BCUT2D eigenvalue weighted by Gasteiger charge is -2.33. The summed E-state index contributed by atoms with van der Waals surface area (Å²) in [6, 6.07) is 65.2. The highest BCUT2D eigenvalue weighted by Gasteiger charge is 2.29. The fraction of sp³-hybridized carbons (Fsp3) is 0.294. The van der Waals surface area contributed by atoms with Gasteiger partial charge in [0.25, 0.3) is 0 Å². The summed E-state index contributed by atoms with van der Waals surface area (Å²) in [5, 5.41) is 0. The fourth-order valence-electron chi connectivity index (χ4n) is 8.66. The topological polar surface area (TPSA) is 26.0 Å². The van der Waals surface area contributed by atoms with Crippen LogP contribution in [0.4, 0.5) is 5.69 Å². The Morgan fingerprint density at radius 3 is 0.750 bits per heavy atom. The van der Waals surface area contributed by atoms with Gasteiger partial charge in [0.1, 0.15) is 0 Å². The Hall–Kier alpha value is -4.88. The third kappa shape index (κ3) is 10.1. The molecule has 6 rings (SSSR count). The highest BCUT2D eigenvalue weighted by Crippen LogP contribution is 2.46. The molecule has 0 bridgehead atoms. The molecule has 0 aliphatic heterocycles. The summed E-state index contributed by atoms with van der Waals surface area (Å²) >= 11 is 0. The summed E-state index contributed by atoms with van der Waals surface area (Å²) in [6.45, 7) is 4.71. The van der Waals surface area contributed by atoms with Crippen molar-refractivity contribution in [1.29, 1.82) is 0 Å². The molecule has 52 heavy (non-hydrogen) atoms. The van der Waals surface area contributed by atoms with Gasteiger partial charge in [0.2, 0.25) is 0 Å². The first kappa shape index (κ1) is 36.9. The largest absolute Gasteiger partial charge is 0.399 e. The highest BCUT2D eigenvalue weighted by atomic mass is 14.5. The van der Waals surface area contributed by atoms with Crippen molar-refractivity contribution in [2.45, 2.75) is 94.3 Å². The normalized spacial score (nSPS) is 14.9. The van der Waals surface area contributed by atoms with E-state index in [1.807, 2.05) is 0 Å². The summed E-state index contributed by atoms with van der Waals surface area (Å²) in [5.74, 6) is 2.66. The second kappa shape index (κ2) is 19.1. The van der Waals surface area contributed by atoms with Crippen molar-refractivity contribution >= 4 is 5.69 Å². The van der Waals surface area contributed by atoms with Crippen molar-refractivity contribution < 1.29 is 0 Å². The van der Waals surface area contributed by atoms with E-state index in [0.29, 0.717) is 35.5 Å². The van der Waals surface area contributed by atoms with Crippen molar-refractivity contribution in [2.75, 3.05) is 5.73 Å². The summed E-state index contributed by atoms with van der Waals surface area (Å²) < 4.78 is 0. The molecule has 0 radical (unpaired) electrons. The zero-order valence-corrected chi connectivity index (χ0v) is 31.2. The zero-order valence-electron chi connectivity index (χ0n) is 31.2. The van der Waals surface area contributed by atoms with Crippen molar-refractivity contribution in [3.05, 3.63) is 209 Å². The molecule has 0 aliphatic rings. The van der Waals surface area contributed by atoms with E-state index in [1.54, 1.807) is 0 Å². The van der Waals surface area contributed by atoms with Crippen LogP contribution in [-0.2, 0) is 0 Å². The van der Waals surface area contributed by atoms with Gasteiger partial charge in [-0.15, -0.1) is 0 Å². The van der Waals surface area contributed by atoms with Crippen LogP contribution < -0.4 is 5.73 Å². The third-order valence-electron chi connectivity index (χ3n) is 11.6. The molecule has 0 spiro atoms. The maximum absolute atomic E-state index is 6.30. The van der Waals surface area contributed by atoms with E-state index in [9.17, 15) is 0 Å². The van der Waals surface area contributed by atoms with E-state index in [0.717, 1.165) is 50.6 Å². The molecule has 6 unspecified atom stereocenters. The van der Waals surface area contributed by atoms with Crippen LogP contribution >= 0.6 is 0 Å². The van der Waals surface area contributed by atoms with Gasteiger partial charge in [-0.2, -0.15) is 0 Å². The highest BCUT2D eigenvalue weighted by molar-refractivity contribution is 5.41. The molecule has 1 nitrogen and oxygen atoms in total. The molecule has 0 saturated carbocycles. The van der Waals surface area contributed by atoms with Crippen molar-refractivity contribution in [3.63, 3.8) is 0 Å². The monoisotopic (exact) mass is 683 g/mol. The van der Waals surface area contributed by atoms with Crippen LogP contribution in [0.15, 0.2) is 176 Å². The van der Waals surface area contributed by atoms with Gasteiger partial charge < -0.3 is 5.73 Å². The Kier molecular flexibility index (Phi) is 13.5. The molecule has 0 saturated heterocycles. The third-order valence-corrected chi connectivity index (χ3v) is 11.6. The lowest BCUT2D eigenvalue weighted by molar-refractivity contribution is 0.389. The average molecular weight is 684 g/mol. The fourth-order valence-corrected chi connectivity index (χ4v) is 8.66. The molecular weight excluding hydrogens is 627 g/mol. The van der Waals surface area contributed by atoms with Gasteiger partial charge in [-0.25, -0.2) is 0 Å². The maximum atomic E-state index is 6.30. The lowest BCUT2D eigenvalue weighted by Crippen LogP contribution is -2.16. The predicted octanol–water partition coefficient (Wildman–Crippen LogP) is 14.0. The molecule has 266 valence electrons. The molecule has 0 fully saturated rings. The molecule has 0 heterocycles. The number of hydrogen-bond acceptors (Lipinski definition) is 1. The van der Waals surface area contributed by atoms with Crippen LogP contribution in [0.2, 0.25) is 0 Å². The Labute approximate surface area is 314 Å². The Balaban J connectivity index is 1.37. The molecule has 1 heteroatoms. The summed E-state index contributed by atoms with van der Waals surface area (Å²) in [7, 11) is 0.